The second kappa shape index (κ2) is 3.89. The standard InChI is InChI=1S/C10H18O/c1-8-4-3-5-10(6-8)7-9(2)11/h8,10H,3-7H2,1-2H3/t8-,10?/m0/s1. The second-order valence-electron chi connectivity index (χ2n) is 4.04. The first-order valence-electron chi connectivity index (χ1n) is 4.68. The van der Waals surface area contributed by atoms with Gasteiger partial charge in [0, 0.05) is 6.42 Å². The summed E-state index contributed by atoms with van der Waals surface area (Å²) in [6.45, 7) is 4.01. The first kappa shape index (κ1) is 8.76. The Morgan fingerprint density at radius 2 is 2.18 bits per heavy atom. The maximum Gasteiger partial charge on any atom is 0.130 e. The van der Waals surface area contributed by atoms with Crippen molar-refractivity contribution in [2.24, 2.45) is 11.8 Å². The van der Waals surface area contributed by atoms with E-state index in [0.717, 1.165) is 12.3 Å². The fourth-order valence-electron chi connectivity index (χ4n) is 2.15. The highest BCUT2D eigenvalue weighted by Crippen LogP contribution is 2.30. The molecular weight excluding hydrogens is 136 g/mol. The summed E-state index contributed by atoms with van der Waals surface area (Å²) in [6.07, 6.45) is 6.08. The van der Waals surface area contributed by atoms with Gasteiger partial charge in [-0.2, -0.15) is 0 Å². The number of hydrogen-bond donors (Lipinski definition) is 0. The van der Waals surface area contributed by atoms with Crippen molar-refractivity contribution in [2.45, 2.75) is 46.0 Å². The van der Waals surface area contributed by atoms with Gasteiger partial charge >= 0.3 is 0 Å². The zero-order valence-corrected chi connectivity index (χ0v) is 7.60. The van der Waals surface area contributed by atoms with Crippen molar-refractivity contribution >= 4 is 5.78 Å². The SMILES string of the molecule is CC(=O)CC1CCC[C@H](C)C1. The Hall–Kier alpha value is -0.330. The van der Waals surface area contributed by atoms with Crippen LogP contribution in [0.1, 0.15) is 46.0 Å². The van der Waals surface area contributed by atoms with Crippen LogP contribution in [0.2, 0.25) is 0 Å². The lowest BCUT2D eigenvalue weighted by Crippen LogP contribution is -2.15. The summed E-state index contributed by atoms with van der Waals surface area (Å²) in [5.41, 5.74) is 0. The highest BCUT2D eigenvalue weighted by molar-refractivity contribution is 5.75. The first-order valence-corrected chi connectivity index (χ1v) is 4.68. The van der Waals surface area contributed by atoms with E-state index in [4.69, 9.17) is 0 Å². The number of Topliss-reactive ketones (excluding diaryl/α,β-unsaturated/α-hetero) is 1. The largest absolute Gasteiger partial charge is 0.300 e. The van der Waals surface area contributed by atoms with E-state index in [-0.39, 0.29) is 0 Å². The van der Waals surface area contributed by atoms with Gasteiger partial charge in [-0.15, -0.1) is 0 Å². The van der Waals surface area contributed by atoms with Gasteiger partial charge in [0.05, 0.1) is 0 Å². The molecule has 0 spiro atoms. The maximum absolute atomic E-state index is 10.8. The Balaban J connectivity index is 2.28. The van der Waals surface area contributed by atoms with Gasteiger partial charge in [-0.25, -0.2) is 0 Å². The van der Waals surface area contributed by atoms with E-state index in [0.29, 0.717) is 11.7 Å². The van der Waals surface area contributed by atoms with Crippen LogP contribution in [0.15, 0.2) is 0 Å². The van der Waals surface area contributed by atoms with Crippen molar-refractivity contribution in [2.75, 3.05) is 0 Å². The minimum absolute atomic E-state index is 0.365. The van der Waals surface area contributed by atoms with Crippen LogP contribution in [0.25, 0.3) is 0 Å². The molecule has 0 radical (unpaired) electrons. The van der Waals surface area contributed by atoms with Crippen LogP contribution in [0.3, 0.4) is 0 Å². The van der Waals surface area contributed by atoms with E-state index < -0.39 is 0 Å². The molecule has 1 unspecified atom stereocenters. The molecule has 0 aromatic carbocycles. The van der Waals surface area contributed by atoms with Crippen LogP contribution in [0, 0.1) is 11.8 Å². The average molecular weight is 154 g/mol. The number of carbonyl (C=O) groups excluding carboxylic acids is 1. The molecule has 0 saturated heterocycles. The second-order valence-corrected chi connectivity index (χ2v) is 4.04. The lowest BCUT2D eigenvalue weighted by atomic mass is 9.80. The third-order valence-electron chi connectivity index (χ3n) is 2.62. The molecular formula is C10H18O. The number of carbonyl (C=O) groups is 1. The lowest BCUT2D eigenvalue weighted by Gasteiger charge is -2.25. The molecule has 1 rings (SSSR count). The van der Waals surface area contributed by atoms with Crippen LogP contribution in [0.4, 0.5) is 0 Å². The Kier molecular flexibility index (Phi) is 3.10. The van der Waals surface area contributed by atoms with E-state index in [1.54, 1.807) is 6.92 Å². The third kappa shape index (κ3) is 3.04. The summed E-state index contributed by atoms with van der Waals surface area (Å²) in [7, 11) is 0. The van der Waals surface area contributed by atoms with Gasteiger partial charge in [0.2, 0.25) is 0 Å². The zero-order valence-electron chi connectivity index (χ0n) is 7.60. The van der Waals surface area contributed by atoms with Crippen molar-refractivity contribution in [3.8, 4) is 0 Å². The molecule has 1 aliphatic carbocycles. The third-order valence-corrected chi connectivity index (χ3v) is 2.62. The summed E-state index contributed by atoms with van der Waals surface area (Å²) in [5.74, 6) is 1.92. The first-order chi connectivity index (χ1) is 5.18. The van der Waals surface area contributed by atoms with Gasteiger partial charge in [-0.1, -0.05) is 26.2 Å². The van der Waals surface area contributed by atoms with Crippen LogP contribution in [-0.2, 0) is 4.79 Å². The molecule has 1 saturated carbocycles. The summed E-state index contributed by atoms with van der Waals surface area (Å²) in [5, 5.41) is 0. The average Bonchev–Trinajstić information content (AvgIpc) is 1.85. The molecule has 0 aliphatic heterocycles. The van der Waals surface area contributed by atoms with Crippen LogP contribution in [0.5, 0.6) is 0 Å². The monoisotopic (exact) mass is 154 g/mol. The molecule has 0 aromatic heterocycles. The minimum Gasteiger partial charge on any atom is -0.300 e. The van der Waals surface area contributed by atoms with Gasteiger partial charge < -0.3 is 4.79 Å². The van der Waals surface area contributed by atoms with Gasteiger partial charge in [0.15, 0.2) is 0 Å². The van der Waals surface area contributed by atoms with Gasteiger partial charge in [0.1, 0.15) is 5.78 Å². The molecule has 1 nitrogen and oxygen atoms in total. The molecule has 0 N–H and O–H groups in total. The van der Waals surface area contributed by atoms with E-state index in [1.165, 1.54) is 25.7 Å². The predicted molar refractivity (Wildman–Crippen MR) is 46.4 cm³/mol. The minimum atomic E-state index is 0.365. The highest BCUT2D eigenvalue weighted by Gasteiger charge is 2.19. The van der Waals surface area contributed by atoms with Crippen molar-refractivity contribution in [3.05, 3.63) is 0 Å². The lowest BCUT2D eigenvalue weighted by molar-refractivity contribution is -0.118. The van der Waals surface area contributed by atoms with Crippen molar-refractivity contribution in [1.82, 2.24) is 0 Å². The fourth-order valence-corrected chi connectivity index (χ4v) is 2.15. The molecule has 0 bridgehead atoms. The summed E-state index contributed by atoms with van der Waals surface area (Å²) < 4.78 is 0. The molecule has 0 amide bonds. The van der Waals surface area contributed by atoms with E-state index in [1.807, 2.05) is 0 Å². The van der Waals surface area contributed by atoms with Gasteiger partial charge in [0.25, 0.3) is 0 Å². The number of hydrogen-bond acceptors (Lipinski definition) is 1. The number of ketones is 1. The Bertz CT molecular complexity index is 140. The molecule has 1 aliphatic rings. The Morgan fingerprint density at radius 3 is 2.73 bits per heavy atom. The molecule has 11 heavy (non-hydrogen) atoms. The Labute approximate surface area is 69.2 Å². The summed E-state index contributed by atoms with van der Waals surface area (Å²) in [6, 6.07) is 0. The summed E-state index contributed by atoms with van der Waals surface area (Å²) >= 11 is 0. The smallest absolute Gasteiger partial charge is 0.130 e. The Morgan fingerprint density at radius 1 is 1.45 bits per heavy atom. The molecule has 0 heterocycles. The fraction of sp³-hybridized carbons (Fsp3) is 0.900. The maximum atomic E-state index is 10.8. The highest BCUT2D eigenvalue weighted by atomic mass is 16.1. The molecule has 64 valence electrons. The summed E-state index contributed by atoms with van der Waals surface area (Å²) in [4.78, 5) is 10.8. The van der Waals surface area contributed by atoms with Crippen LogP contribution >= 0.6 is 0 Å². The van der Waals surface area contributed by atoms with Crippen molar-refractivity contribution in [1.29, 1.82) is 0 Å². The van der Waals surface area contributed by atoms with Crippen LogP contribution in [-0.4, -0.2) is 5.78 Å². The molecule has 0 aromatic rings. The molecule has 1 heteroatoms. The quantitative estimate of drug-likeness (QED) is 0.597. The van der Waals surface area contributed by atoms with E-state index in [2.05, 4.69) is 6.92 Å². The topological polar surface area (TPSA) is 17.1 Å². The van der Waals surface area contributed by atoms with Gasteiger partial charge in [-0.3, -0.25) is 0 Å². The van der Waals surface area contributed by atoms with E-state index >= 15 is 0 Å². The van der Waals surface area contributed by atoms with E-state index in [9.17, 15) is 4.79 Å². The normalized spacial score (nSPS) is 31.8. The predicted octanol–water partition coefficient (Wildman–Crippen LogP) is 2.79. The van der Waals surface area contributed by atoms with Gasteiger partial charge in [-0.05, 0) is 25.2 Å². The number of rotatable bonds is 2. The molecule has 2 atom stereocenters. The molecule has 1 fully saturated rings. The van der Waals surface area contributed by atoms with Crippen molar-refractivity contribution < 1.29 is 4.79 Å². The van der Waals surface area contributed by atoms with Crippen LogP contribution < -0.4 is 0 Å². The zero-order chi connectivity index (χ0) is 8.27. The van der Waals surface area contributed by atoms with Crippen molar-refractivity contribution in [3.63, 3.8) is 0 Å².